The quantitative estimate of drug-likeness (QED) is 0.344. The number of carbonyl (C=O) groups excluding carboxylic acids is 1. The molecule has 0 N–H and O–H groups in total. The zero-order chi connectivity index (χ0) is 10.2. The molecule has 4 heteroatoms. The summed E-state index contributed by atoms with van der Waals surface area (Å²) in [5.41, 5.74) is 2.59. The molecule has 0 saturated heterocycles. The van der Waals surface area contributed by atoms with E-state index in [0.717, 1.165) is 19.5 Å². The summed E-state index contributed by atoms with van der Waals surface area (Å²) in [5, 5.41) is -0.264. The van der Waals surface area contributed by atoms with Crippen molar-refractivity contribution in [2.45, 2.75) is 13.0 Å². The number of nitrogens with zero attached hydrogens (tertiary/aromatic N) is 1. The number of fused-ring (bicyclic) bond motifs is 1. The first-order chi connectivity index (χ1) is 6.62. The van der Waals surface area contributed by atoms with Crippen molar-refractivity contribution in [3.05, 3.63) is 35.4 Å². The lowest BCUT2D eigenvalue weighted by Crippen LogP contribution is -3.00. The smallest absolute Gasteiger partial charge is 0.411 e. The zero-order valence-corrected chi connectivity index (χ0v) is 10.1. The molecule has 1 aromatic rings. The van der Waals surface area contributed by atoms with Gasteiger partial charge in [-0.25, -0.2) is 9.28 Å². The van der Waals surface area contributed by atoms with Gasteiger partial charge in [0.25, 0.3) is 0 Å². The molecule has 1 aliphatic heterocycles. The van der Waals surface area contributed by atoms with Crippen molar-refractivity contribution in [1.82, 2.24) is 0 Å². The largest absolute Gasteiger partial charge is 1.00 e. The predicted octanol–water partition coefficient (Wildman–Crippen LogP) is -0.448. The van der Waals surface area contributed by atoms with E-state index in [1.165, 1.54) is 11.1 Å². The SMILES string of the molecule is C[N+]1(C(=O)Cl)CCc2ccccc2C1.[Cl-]. The van der Waals surface area contributed by atoms with Gasteiger partial charge in [0.1, 0.15) is 6.54 Å². The van der Waals surface area contributed by atoms with E-state index in [4.69, 9.17) is 11.6 Å². The minimum Gasteiger partial charge on any atom is -1.00 e. The number of amides is 1. The average Bonchev–Trinajstić information content (AvgIpc) is 2.17. The maximum absolute atomic E-state index is 11.3. The van der Waals surface area contributed by atoms with Gasteiger partial charge in [-0.2, -0.15) is 0 Å². The number of hydrogen-bond donors (Lipinski definition) is 0. The van der Waals surface area contributed by atoms with Gasteiger partial charge >= 0.3 is 5.37 Å². The molecule has 2 rings (SSSR count). The zero-order valence-electron chi connectivity index (χ0n) is 8.54. The van der Waals surface area contributed by atoms with Crippen LogP contribution in [0.15, 0.2) is 24.3 Å². The lowest BCUT2D eigenvalue weighted by Gasteiger charge is -2.33. The van der Waals surface area contributed by atoms with Gasteiger partial charge in [0, 0.05) is 23.6 Å². The summed E-state index contributed by atoms with van der Waals surface area (Å²) in [6, 6.07) is 8.24. The van der Waals surface area contributed by atoms with Gasteiger partial charge < -0.3 is 12.4 Å². The van der Waals surface area contributed by atoms with Crippen LogP contribution >= 0.6 is 11.6 Å². The first-order valence-corrected chi connectivity index (χ1v) is 5.11. The molecule has 1 heterocycles. The molecule has 0 aliphatic carbocycles. The van der Waals surface area contributed by atoms with Gasteiger partial charge in [-0.05, 0) is 5.56 Å². The Morgan fingerprint density at radius 1 is 1.33 bits per heavy atom. The highest BCUT2D eigenvalue weighted by molar-refractivity contribution is 6.60. The van der Waals surface area contributed by atoms with Crippen LogP contribution in [0.1, 0.15) is 11.1 Å². The summed E-state index contributed by atoms with van der Waals surface area (Å²) in [4.78, 5) is 11.3. The van der Waals surface area contributed by atoms with Crippen LogP contribution in [-0.4, -0.2) is 23.4 Å². The van der Waals surface area contributed by atoms with Gasteiger partial charge in [0.05, 0.1) is 13.6 Å². The molecule has 1 atom stereocenters. The van der Waals surface area contributed by atoms with E-state index in [9.17, 15) is 4.79 Å². The topological polar surface area (TPSA) is 17.1 Å². The van der Waals surface area contributed by atoms with E-state index in [2.05, 4.69) is 12.1 Å². The average molecular weight is 246 g/mol. The summed E-state index contributed by atoms with van der Waals surface area (Å²) < 4.78 is 0.318. The first kappa shape index (κ1) is 12.5. The van der Waals surface area contributed by atoms with E-state index in [1.807, 2.05) is 19.2 Å². The Bertz CT molecular complexity index is 381. The van der Waals surface area contributed by atoms with Gasteiger partial charge in [-0.3, -0.25) is 0 Å². The molecule has 0 aromatic heterocycles. The first-order valence-electron chi connectivity index (χ1n) is 4.73. The van der Waals surface area contributed by atoms with Crippen LogP contribution in [0.3, 0.4) is 0 Å². The summed E-state index contributed by atoms with van der Waals surface area (Å²) in [7, 11) is 1.89. The van der Waals surface area contributed by atoms with E-state index in [-0.39, 0.29) is 17.8 Å². The highest BCUT2D eigenvalue weighted by Crippen LogP contribution is 2.24. The third-order valence-electron chi connectivity index (χ3n) is 2.94. The van der Waals surface area contributed by atoms with Crippen molar-refractivity contribution < 1.29 is 21.7 Å². The second-order valence-corrected chi connectivity index (χ2v) is 4.37. The Morgan fingerprint density at radius 2 is 1.93 bits per heavy atom. The van der Waals surface area contributed by atoms with Crippen molar-refractivity contribution in [2.75, 3.05) is 13.6 Å². The van der Waals surface area contributed by atoms with Gasteiger partial charge in [-0.1, -0.05) is 24.3 Å². The van der Waals surface area contributed by atoms with E-state index < -0.39 is 0 Å². The van der Waals surface area contributed by atoms with Crippen LogP contribution in [0.5, 0.6) is 0 Å². The van der Waals surface area contributed by atoms with Crippen LogP contribution in [0.25, 0.3) is 0 Å². The fraction of sp³-hybridized carbons (Fsp3) is 0.364. The van der Waals surface area contributed by atoms with Gasteiger partial charge in [-0.15, -0.1) is 0 Å². The van der Waals surface area contributed by atoms with E-state index >= 15 is 0 Å². The van der Waals surface area contributed by atoms with Crippen LogP contribution < -0.4 is 12.4 Å². The lowest BCUT2D eigenvalue weighted by atomic mass is 9.99. The second-order valence-electron chi connectivity index (χ2n) is 4.05. The summed E-state index contributed by atoms with van der Waals surface area (Å²) in [5.74, 6) is 0. The van der Waals surface area contributed by atoms with Crippen LogP contribution in [0.4, 0.5) is 4.79 Å². The number of halogens is 2. The Hall–Kier alpha value is -0.570. The van der Waals surface area contributed by atoms with Crippen LogP contribution in [0.2, 0.25) is 0 Å². The molecule has 1 unspecified atom stereocenters. The maximum Gasteiger partial charge on any atom is 0.411 e. The minimum atomic E-state index is -0.264. The van der Waals surface area contributed by atoms with Crippen LogP contribution in [-0.2, 0) is 13.0 Å². The molecule has 1 amide bonds. The molecule has 0 saturated carbocycles. The Balaban J connectivity index is 0.00000112. The lowest BCUT2D eigenvalue weighted by molar-refractivity contribution is -0.840. The monoisotopic (exact) mass is 245 g/mol. The Labute approximate surface area is 101 Å². The number of hydrogen-bond acceptors (Lipinski definition) is 1. The maximum atomic E-state index is 11.3. The van der Waals surface area contributed by atoms with Crippen molar-refractivity contribution in [3.63, 3.8) is 0 Å². The molecule has 1 aromatic carbocycles. The van der Waals surface area contributed by atoms with E-state index in [0.29, 0.717) is 4.48 Å². The molecule has 0 bridgehead atoms. The highest BCUT2D eigenvalue weighted by Gasteiger charge is 2.34. The predicted molar refractivity (Wildman–Crippen MR) is 56.2 cm³/mol. The Kier molecular flexibility index (Phi) is 3.77. The minimum absolute atomic E-state index is 0. The number of carbonyl (C=O) groups is 1. The molecular weight excluding hydrogens is 233 g/mol. The molecule has 0 spiro atoms. The molecule has 0 radical (unpaired) electrons. The molecule has 15 heavy (non-hydrogen) atoms. The number of rotatable bonds is 0. The van der Waals surface area contributed by atoms with Gasteiger partial charge in [0.15, 0.2) is 0 Å². The second kappa shape index (κ2) is 4.52. The van der Waals surface area contributed by atoms with Gasteiger partial charge in [0.2, 0.25) is 0 Å². The van der Waals surface area contributed by atoms with Crippen LogP contribution in [0, 0.1) is 0 Å². The molecule has 82 valence electrons. The van der Waals surface area contributed by atoms with Crippen molar-refractivity contribution in [1.29, 1.82) is 0 Å². The molecular formula is C11H13Cl2NO. The third-order valence-corrected chi connectivity index (χ3v) is 3.34. The van der Waals surface area contributed by atoms with Crippen molar-refractivity contribution >= 4 is 17.0 Å². The normalized spacial score (nSPS) is 23.9. The summed E-state index contributed by atoms with van der Waals surface area (Å²) >= 11 is 5.60. The highest BCUT2D eigenvalue weighted by atomic mass is 35.5. The fourth-order valence-electron chi connectivity index (χ4n) is 1.93. The number of likely N-dealkylation sites (N-methyl/N-ethyl adjacent to an activating group) is 1. The molecule has 0 fully saturated rings. The standard InChI is InChI=1S/C11H13ClNO.ClH/c1-13(11(12)14)7-6-9-4-2-3-5-10(9)8-13;/h2-5H,6-8H2,1H3;1H/q+1;/p-1. The van der Waals surface area contributed by atoms with Crippen molar-refractivity contribution in [2.24, 2.45) is 0 Å². The fourth-order valence-corrected chi connectivity index (χ4v) is 2.07. The summed E-state index contributed by atoms with van der Waals surface area (Å²) in [6.07, 6.45) is 0.936. The summed E-state index contributed by atoms with van der Waals surface area (Å²) in [6.45, 7) is 1.53. The molecule has 1 aliphatic rings. The molecule has 2 nitrogen and oxygen atoms in total. The third kappa shape index (κ3) is 2.33. The number of benzene rings is 1. The Morgan fingerprint density at radius 3 is 2.53 bits per heavy atom. The number of quaternary nitrogens is 1. The van der Waals surface area contributed by atoms with E-state index in [1.54, 1.807) is 0 Å². The van der Waals surface area contributed by atoms with Crippen molar-refractivity contribution in [3.8, 4) is 0 Å².